The number of hydrogen-bond acceptors (Lipinski definition) is 5. The van der Waals surface area contributed by atoms with Crippen molar-refractivity contribution in [1.29, 1.82) is 0 Å². The van der Waals surface area contributed by atoms with Gasteiger partial charge in [-0.2, -0.15) is 0 Å². The van der Waals surface area contributed by atoms with E-state index in [0.29, 0.717) is 27.1 Å². The Morgan fingerprint density at radius 2 is 1.65 bits per heavy atom. The molecule has 4 rings (SSSR count). The van der Waals surface area contributed by atoms with Crippen molar-refractivity contribution in [3.8, 4) is 5.69 Å². The fourth-order valence-corrected chi connectivity index (χ4v) is 4.68. The Labute approximate surface area is 204 Å². The normalized spacial score (nSPS) is 15.7. The Kier molecular flexibility index (Phi) is 6.02. The minimum atomic E-state index is -3.82. The number of carbonyl (C=O) groups excluding carboxylic acids is 3. The molecule has 1 saturated heterocycles. The van der Waals surface area contributed by atoms with Crippen molar-refractivity contribution in [2.75, 3.05) is 4.90 Å². The quantitative estimate of drug-likeness (QED) is 0.386. The van der Waals surface area contributed by atoms with Crippen LogP contribution in [0.15, 0.2) is 69.5 Å². The van der Waals surface area contributed by atoms with E-state index in [1.54, 1.807) is 49.4 Å². The average Bonchev–Trinajstić information content (AvgIpc) is 3.03. The number of hydrogen-bond donors (Lipinski definition) is 2. The van der Waals surface area contributed by atoms with E-state index in [1.165, 1.54) is 18.2 Å². The fraction of sp³-hybridized carbons (Fsp3) is 0.0870. The van der Waals surface area contributed by atoms with E-state index in [-0.39, 0.29) is 10.5 Å². The lowest BCUT2D eigenvalue weighted by Gasteiger charge is -2.26. The van der Waals surface area contributed by atoms with Gasteiger partial charge in [-0.05, 0) is 74.0 Å². The molecule has 2 heterocycles. The number of carbonyl (C=O) groups is 3. The number of rotatable bonds is 4. The number of barbiturate groups is 1. The number of primary sulfonamides is 1. The number of amides is 4. The largest absolute Gasteiger partial charge is 0.335 e. The van der Waals surface area contributed by atoms with Gasteiger partial charge in [-0.25, -0.2) is 23.3 Å². The topological polar surface area (TPSA) is 132 Å². The summed E-state index contributed by atoms with van der Waals surface area (Å²) in [5.41, 5.74) is 2.89. The van der Waals surface area contributed by atoms with Crippen molar-refractivity contribution >= 4 is 55.6 Å². The van der Waals surface area contributed by atoms with Crippen LogP contribution < -0.4 is 15.4 Å². The maximum Gasteiger partial charge on any atom is 0.335 e. The van der Waals surface area contributed by atoms with Crippen LogP contribution in [-0.4, -0.2) is 30.8 Å². The molecule has 0 atom stereocenters. The third kappa shape index (κ3) is 4.32. The molecule has 1 fully saturated rings. The molecule has 34 heavy (non-hydrogen) atoms. The zero-order valence-corrected chi connectivity index (χ0v) is 20.5. The number of halogens is 1. The lowest BCUT2D eigenvalue weighted by Crippen LogP contribution is -2.54. The molecule has 0 bridgehead atoms. The molecule has 1 aromatic heterocycles. The Morgan fingerprint density at radius 3 is 2.26 bits per heavy atom. The SMILES string of the molecule is Cc1cc(/C=C2\C(=O)NC(=O)N(c3cccc(Br)c3)C2=O)c(C)n1-c1ccc(S(N)(=O)=O)cc1. The number of nitrogens with zero attached hydrogens (tertiary/aromatic N) is 2. The maximum atomic E-state index is 13.2. The van der Waals surface area contributed by atoms with Gasteiger partial charge < -0.3 is 4.57 Å². The van der Waals surface area contributed by atoms with Crippen LogP contribution in [0.3, 0.4) is 0 Å². The highest BCUT2D eigenvalue weighted by atomic mass is 79.9. The Morgan fingerprint density at radius 1 is 0.971 bits per heavy atom. The summed E-state index contributed by atoms with van der Waals surface area (Å²) in [5, 5.41) is 7.38. The molecule has 9 nitrogen and oxygen atoms in total. The van der Waals surface area contributed by atoms with Gasteiger partial charge in [-0.1, -0.05) is 22.0 Å². The fourth-order valence-electron chi connectivity index (χ4n) is 3.78. The van der Waals surface area contributed by atoms with Gasteiger partial charge in [0.15, 0.2) is 0 Å². The van der Waals surface area contributed by atoms with Crippen molar-refractivity contribution in [3.63, 3.8) is 0 Å². The monoisotopic (exact) mass is 542 g/mol. The zero-order valence-electron chi connectivity index (χ0n) is 18.1. The van der Waals surface area contributed by atoms with Gasteiger partial charge in [0.1, 0.15) is 5.57 Å². The summed E-state index contributed by atoms with van der Waals surface area (Å²) in [5.74, 6) is -1.53. The average molecular weight is 543 g/mol. The van der Waals surface area contributed by atoms with Gasteiger partial charge >= 0.3 is 6.03 Å². The smallest absolute Gasteiger partial charge is 0.318 e. The number of anilines is 1. The van der Waals surface area contributed by atoms with Crippen molar-refractivity contribution in [1.82, 2.24) is 9.88 Å². The van der Waals surface area contributed by atoms with E-state index >= 15 is 0 Å². The second kappa shape index (κ2) is 8.67. The molecular formula is C23H19BrN4O5S. The Hall–Kier alpha value is -3.54. The first kappa shape index (κ1) is 23.6. The Bertz CT molecular complexity index is 1490. The van der Waals surface area contributed by atoms with Gasteiger partial charge in [-0.3, -0.25) is 14.9 Å². The summed E-state index contributed by atoms with van der Waals surface area (Å²) in [6.45, 7) is 3.64. The maximum absolute atomic E-state index is 13.2. The van der Waals surface area contributed by atoms with Gasteiger partial charge in [0.05, 0.1) is 10.6 Å². The number of nitrogens with one attached hydrogen (secondary N) is 1. The van der Waals surface area contributed by atoms with Crippen LogP contribution in [0.4, 0.5) is 10.5 Å². The lowest BCUT2D eigenvalue weighted by atomic mass is 10.1. The summed E-state index contributed by atoms with van der Waals surface area (Å²) in [6.07, 6.45) is 1.44. The van der Waals surface area contributed by atoms with Crippen LogP contribution in [-0.2, 0) is 19.6 Å². The van der Waals surface area contributed by atoms with Gasteiger partial charge in [0.25, 0.3) is 11.8 Å². The molecule has 11 heteroatoms. The van der Waals surface area contributed by atoms with Crippen molar-refractivity contribution in [3.05, 3.63) is 81.6 Å². The molecule has 3 aromatic rings. The standard InChI is InChI=1S/C23H19BrN4O5S/c1-13-10-15(14(2)27(13)17-6-8-19(9-7-17)34(25,32)33)11-20-21(29)26-23(31)28(22(20)30)18-5-3-4-16(24)12-18/h3-12H,1-2H3,(H2,25,32,33)(H,26,29,31)/b20-11+. The van der Waals surface area contributed by atoms with E-state index in [9.17, 15) is 22.8 Å². The highest BCUT2D eigenvalue weighted by Crippen LogP contribution is 2.27. The second-order valence-electron chi connectivity index (χ2n) is 7.64. The van der Waals surface area contributed by atoms with E-state index in [4.69, 9.17) is 5.14 Å². The molecule has 0 radical (unpaired) electrons. The minimum Gasteiger partial charge on any atom is -0.318 e. The Balaban J connectivity index is 1.74. The summed E-state index contributed by atoms with van der Waals surface area (Å²) < 4.78 is 25.6. The lowest BCUT2D eigenvalue weighted by molar-refractivity contribution is -0.122. The van der Waals surface area contributed by atoms with E-state index in [2.05, 4.69) is 21.2 Å². The second-order valence-corrected chi connectivity index (χ2v) is 10.1. The minimum absolute atomic E-state index is 0.0113. The van der Waals surface area contributed by atoms with Gasteiger partial charge in [-0.15, -0.1) is 0 Å². The number of imide groups is 2. The first-order valence-corrected chi connectivity index (χ1v) is 12.3. The first-order chi connectivity index (χ1) is 16.0. The summed E-state index contributed by atoms with van der Waals surface area (Å²) >= 11 is 3.31. The van der Waals surface area contributed by atoms with Gasteiger partial charge in [0, 0.05) is 21.5 Å². The molecule has 1 aliphatic heterocycles. The number of aryl methyl sites for hydroxylation is 1. The third-order valence-electron chi connectivity index (χ3n) is 5.36. The van der Waals surface area contributed by atoms with Crippen molar-refractivity contribution < 1.29 is 22.8 Å². The number of aromatic nitrogens is 1. The van der Waals surface area contributed by atoms with Crippen LogP contribution in [0.25, 0.3) is 11.8 Å². The van der Waals surface area contributed by atoms with Crippen molar-refractivity contribution in [2.24, 2.45) is 5.14 Å². The molecule has 0 unspecified atom stereocenters. The molecule has 0 saturated carbocycles. The molecule has 174 valence electrons. The molecule has 3 N–H and O–H groups in total. The first-order valence-electron chi connectivity index (χ1n) is 9.96. The van der Waals surface area contributed by atoms with Gasteiger partial charge in [0.2, 0.25) is 10.0 Å². The predicted octanol–water partition coefficient (Wildman–Crippen LogP) is 3.17. The molecule has 0 spiro atoms. The third-order valence-corrected chi connectivity index (χ3v) is 6.78. The van der Waals surface area contributed by atoms with Crippen LogP contribution in [0.5, 0.6) is 0 Å². The molecular weight excluding hydrogens is 524 g/mol. The highest BCUT2D eigenvalue weighted by Gasteiger charge is 2.37. The van der Waals surface area contributed by atoms with Crippen LogP contribution in [0, 0.1) is 13.8 Å². The number of sulfonamides is 1. The number of nitrogens with two attached hydrogens (primary N) is 1. The van der Waals surface area contributed by atoms with Crippen LogP contribution >= 0.6 is 15.9 Å². The van der Waals surface area contributed by atoms with Crippen LogP contribution in [0.1, 0.15) is 17.0 Å². The summed E-state index contributed by atoms with van der Waals surface area (Å²) in [4.78, 5) is 39.0. The molecule has 1 aliphatic rings. The molecule has 2 aromatic carbocycles. The van der Waals surface area contributed by atoms with E-state index < -0.39 is 27.9 Å². The van der Waals surface area contributed by atoms with Crippen molar-refractivity contribution in [2.45, 2.75) is 18.7 Å². The predicted molar refractivity (Wildman–Crippen MR) is 130 cm³/mol. The summed E-state index contributed by atoms with van der Waals surface area (Å²) in [7, 11) is -3.82. The number of benzene rings is 2. The zero-order chi connectivity index (χ0) is 24.8. The molecule has 4 amide bonds. The molecule has 0 aliphatic carbocycles. The van der Waals surface area contributed by atoms with E-state index in [0.717, 1.165) is 10.6 Å². The highest BCUT2D eigenvalue weighted by molar-refractivity contribution is 9.10. The number of urea groups is 1. The van der Waals surface area contributed by atoms with E-state index in [1.807, 2.05) is 11.5 Å². The van der Waals surface area contributed by atoms with Crippen LogP contribution in [0.2, 0.25) is 0 Å². The summed E-state index contributed by atoms with van der Waals surface area (Å²) in [6, 6.07) is 13.6.